The summed E-state index contributed by atoms with van der Waals surface area (Å²) in [6, 6.07) is 2.81. The zero-order valence-corrected chi connectivity index (χ0v) is 13.2. The number of anilines is 2. The van der Waals surface area contributed by atoms with E-state index in [2.05, 4.69) is 25.8 Å². The molecule has 2 saturated heterocycles. The topological polar surface area (TPSA) is 86.4 Å². The van der Waals surface area contributed by atoms with Crippen LogP contribution < -0.4 is 20.9 Å². The van der Waals surface area contributed by atoms with Gasteiger partial charge in [-0.05, 0) is 44.2 Å². The van der Waals surface area contributed by atoms with Crippen molar-refractivity contribution in [3.63, 3.8) is 0 Å². The SMILES string of the molecule is O=C(Nc1cccnc1N1CCCC1)NC1CCCCNC1=O. The van der Waals surface area contributed by atoms with Crippen molar-refractivity contribution in [2.24, 2.45) is 0 Å². The van der Waals surface area contributed by atoms with E-state index in [-0.39, 0.29) is 11.9 Å². The minimum absolute atomic E-state index is 0.108. The van der Waals surface area contributed by atoms with Crippen molar-refractivity contribution in [2.75, 3.05) is 29.9 Å². The van der Waals surface area contributed by atoms with Gasteiger partial charge in [0.1, 0.15) is 6.04 Å². The lowest BCUT2D eigenvalue weighted by molar-refractivity contribution is -0.122. The minimum Gasteiger partial charge on any atom is -0.355 e. The van der Waals surface area contributed by atoms with Crippen molar-refractivity contribution in [1.29, 1.82) is 0 Å². The van der Waals surface area contributed by atoms with E-state index in [9.17, 15) is 9.59 Å². The molecular weight excluding hydrogens is 294 g/mol. The van der Waals surface area contributed by atoms with Crippen LogP contribution in [0.15, 0.2) is 18.3 Å². The number of carbonyl (C=O) groups is 2. The Labute approximate surface area is 135 Å². The van der Waals surface area contributed by atoms with Crippen LogP contribution in [0, 0.1) is 0 Å². The van der Waals surface area contributed by atoms with Gasteiger partial charge in [0.2, 0.25) is 5.91 Å². The summed E-state index contributed by atoms with van der Waals surface area (Å²) < 4.78 is 0. The Balaban J connectivity index is 1.64. The molecule has 1 unspecified atom stereocenters. The maximum absolute atomic E-state index is 12.3. The Morgan fingerprint density at radius 3 is 2.91 bits per heavy atom. The zero-order valence-electron chi connectivity index (χ0n) is 13.2. The van der Waals surface area contributed by atoms with Gasteiger partial charge in [0.15, 0.2) is 5.82 Å². The summed E-state index contributed by atoms with van der Waals surface area (Å²) in [6.07, 6.45) is 6.57. The van der Waals surface area contributed by atoms with Gasteiger partial charge in [0, 0.05) is 25.8 Å². The third-order valence-corrected chi connectivity index (χ3v) is 4.28. The smallest absolute Gasteiger partial charge is 0.319 e. The predicted molar refractivity (Wildman–Crippen MR) is 88.5 cm³/mol. The number of amides is 3. The molecule has 1 aromatic heterocycles. The lowest BCUT2D eigenvalue weighted by Gasteiger charge is -2.21. The molecule has 0 bridgehead atoms. The second-order valence-corrected chi connectivity index (χ2v) is 6.01. The van der Waals surface area contributed by atoms with Crippen LogP contribution in [0.25, 0.3) is 0 Å². The number of nitrogens with zero attached hydrogens (tertiary/aromatic N) is 2. The molecule has 0 radical (unpaired) electrons. The molecule has 2 aliphatic heterocycles. The van der Waals surface area contributed by atoms with Gasteiger partial charge in [-0.15, -0.1) is 0 Å². The Morgan fingerprint density at radius 2 is 2.09 bits per heavy atom. The van der Waals surface area contributed by atoms with E-state index < -0.39 is 6.04 Å². The summed E-state index contributed by atoms with van der Waals surface area (Å²) in [4.78, 5) is 30.7. The van der Waals surface area contributed by atoms with E-state index in [1.54, 1.807) is 12.3 Å². The number of hydrogen-bond acceptors (Lipinski definition) is 4. The summed E-state index contributed by atoms with van der Waals surface area (Å²) in [5.41, 5.74) is 0.681. The van der Waals surface area contributed by atoms with E-state index >= 15 is 0 Å². The molecule has 0 aliphatic carbocycles. The molecule has 7 nitrogen and oxygen atoms in total. The molecule has 3 heterocycles. The van der Waals surface area contributed by atoms with Crippen molar-refractivity contribution in [3.05, 3.63) is 18.3 Å². The maximum atomic E-state index is 12.3. The predicted octanol–water partition coefficient (Wildman–Crippen LogP) is 1.47. The molecule has 0 aromatic carbocycles. The highest BCUT2D eigenvalue weighted by atomic mass is 16.2. The third kappa shape index (κ3) is 3.91. The van der Waals surface area contributed by atoms with E-state index in [4.69, 9.17) is 0 Å². The highest BCUT2D eigenvalue weighted by molar-refractivity contribution is 5.95. The first-order valence-corrected chi connectivity index (χ1v) is 8.29. The molecule has 7 heteroatoms. The summed E-state index contributed by atoms with van der Waals surface area (Å²) in [6.45, 7) is 2.59. The van der Waals surface area contributed by atoms with Gasteiger partial charge in [0.25, 0.3) is 0 Å². The van der Waals surface area contributed by atoms with Crippen LogP contribution >= 0.6 is 0 Å². The van der Waals surface area contributed by atoms with Crippen LogP contribution in [-0.2, 0) is 4.79 Å². The molecule has 2 aliphatic rings. The quantitative estimate of drug-likeness (QED) is 0.788. The fraction of sp³-hybridized carbons (Fsp3) is 0.562. The Bertz CT molecular complexity index is 571. The number of urea groups is 1. The monoisotopic (exact) mass is 317 g/mol. The third-order valence-electron chi connectivity index (χ3n) is 4.28. The van der Waals surface area contributed by atoms with Crippen LogP contribution in [0.5, 0.6) is 0 Å². The lowest BCUT2D eigenvalue weighted by Crippen LogP contribution is -2.47. The van der Waals surface area contributed by atoms with Gasteiger partial charge in [0.05, 0.1) is 5.69 Å². The average molecular weight is 317 g/mol. The molecule has 23 heavy (non-hydrogen) atoms. The summed E-state index contributed by atoms with van der Waals surface area (Å²) >= 11 is 0. The Hall–Kier alpha value is -2.31. The van der Waals surface area contributed by atoms with E-state index in [1.165, 1.54) is 0 Å². The van der Waals surface area contributed by atoms with Gasteiger partial charge < -0.3 is 20.9 Å². The van der Waals surface area contributed by atoms with Gasteiger partial charge in [-0.3, -0.25) is 4.79 Å². The summed E-state index contributed by atoms with van der Waals surface area (Å²) in [5, 5.41) is 8.43. The molecule has 2 fully saturated rings. The fourth-order valence-corrected chi connectivity index (χ4v) is 3.07. The second-order valence-electron chi connectivity index (χ2n) is 6.01. The van der Waals surface area contributed by atoms with Crippen molar-refractivity contribution < 1.29 is 9.59 Å². The largest absolute Gasteiger partial charge is 0.355 e. The Morgan fingerprint density at radius 1 is 1.26 bits per heavy atom. The fourth-order valence-electron chi connectivity index (χ4n) is 3.07. The van der Waals surface area contributed by atoms with E-state index in [0.717, 1.165) is 44.6 Å². The zero-order chi connectivity index (χ0) is 16.1. The Kier molecular flexibility index (Phi) is 4.95. The van der Waals surface area contributed by atoms with Crippen LogP contribution in [0.2, 0.25) is 0 Å². The lowest BCUT2D eigenvalue weighted by atomic mass is 10.1. The standard InChI is InChI=1S/C16H23N5O2/c22-15-13(6-1-2-8-18-15)20-16(23)19-12-7-5-9-17-14(12)21-10-3-4-11-21/h5,7,9,13H,1-4,6,8,10-11H2,(H,18,22)(H2,19,20,23). The molecule has 0 saturated carbocycles. The molecule has 1 atom stereocenters. The highest BCUT2D eigenvalue weighted by Crippen LogP contribution is 2.25. The summed E-state index contributed by atoms with van der Waals surface area (Å²) in [7, 11) is 0. The number of pyridine rings is 1. The van der Waals surface area contributed by atoms with E-state index in [0.29, 0.717) is 18.7 Å². The number of hydrogen-bond donors (Lipinski definition) is 3. The van der Waals surface area contributed by atoms with Crippen molar-refractivity contribution in [2.45, 2.75) is 38.1 Å². The second kappa shape index (κ2) is 7.30. The van der Waals surface area contributed by atoms with Crippen LogP contribution in [-0.4, -0.2) is 42.6 Å². The van der Waals surface area contributed by atoms with Gasteiger partial charge in [-0.1, -0.05) is 0 Å². The average Bonchev–Trinajstić information content (AvgIpc) is 3.00. The number of nitrogens with one attached hydrogen (secondary N) is 3. The van der Waals surface area contributed by atoms with Crippen LogP contribution in [0.3, 0.4) is 0 Å². The molecule has 3 N–H and O–H groups in total. The molecule has 1 aromatic rings. The van der Waals surface area contributed by atoms with Gasteiger partial charge >= 0.3 is 6.03 Å². The van der Waals surface area contributed by atoms with Crippen molar-refractivity contribution in [3.8, 4) is 0 Å². The van der Waals surface area contributed by atoms with E-state index in [1.807, 2.05) is 6.07 Å². The maximum Gasteiger partial charge on any atom is 0.319 e. The first-order chi connectivity index (χ1) is 11.2. The normalized spacial score (nSPS) is 21.5. The first kappa shape index (κ1) is 15.6. The van der Waals surface area contributed by atoms with Crippen molar-refractivity contribution in [1.82, 2.24) is 15.6 Å². The molecule has 124 valence electrons. The van der Waals surface area contributed by atoms with Gasteiger partial charge in [-0.2, -0.15) is 0 Å². The molecule has 0 spiro atoms. The molecule has 3 amide bonds. The first-order valence-electron chi connectivity index (χ1n) is 8.29. The molecule has 3 rings (SSSR count). The van der Waals surface area contributed by atoms with Crippen LogP contribution in [0.1, 0.15) is 32.1 Å². The van der Waals surface area contributed by atoms with Crippen LogP contribution in [0.4, 0.5) is 16.3 Å². The number of carbonyl (C=O) groups excluding carboxylic acids is 2. The summed E-state index contributed by atoms with van der Waals surface area (Å²) in [5.74, 6) is 0.689. The highest BCUT2D eigenvalue weighted by Gasteiger charge is 2.23. The van der Waals surface area contributed by atoms with Gasteiger partial charge in [-0.25, -0.2) is 9.78 Å². The molecular formula is C16H23N5O2. The number of aromatic nitrogens is 1. The minimum atomic E-state index is -0.468. The number of rotatable bonds is 3. The van der Waals surface area contributed by atoms with Crippen molar-refractivity contribution >= 4 is 23.4 Å².